The van der Waals surface area contributed by atoms with Crippen molar-refractivity contribution in [2.75, 3.05) is 12.0 Å². The molecule has 92 valence electrons. The molecule has 1 aromatic carbocycles. The number of nitrogens with zero attached hydrogens (tertiary/aromatic N) is 1. The third-order valence-electron chi connectivity index (χ3n) is 1.87. The Bertz CT molecular complexity index is 427. The lowest BCUT2D eigenvalue weighted by Crippen LogP contribution is -2.15. The first kappa shape index (κ1) is 13.1. The van der Waals surface area contributed by atoms with Crippen molar-refractivity contribution >= 4 is 17.4 Å². The highest BCUT2D eigenvalue weighted by Crippen LogP contribution is 2.17. The zero-order chi connectivity index (χ0) is 12.8. The highest BCUT2D eigenvalue weighted by Gasteiger charge is 2.09. The van der Waals surface area contributed by atoms with Gasteiger partial charge >= 0.3 is 5.97 Å². The summed E-state index contributed by atoms with van der Waals surface area (Å²) < 4.78 is 31.0. The van der Waals surface area contributed by atoms with Gasteiger partial charge in [-0.1, -0.05) is 6.07 Å². The van der Waals surface area contributed by atoms with E-state index in [2.05, 4.69) is 15.3 Å². The number of carbonyl (C=O) groups is 1. The van der Waals surface area contributed by atoms with E-state index in [0.29, 0.717) is 0 Å². The van der Waals surface area contributed by atoms with Gasteiger partial charge in [-0.3, -0.25) is 5.43 Å². The second-order valence-corrected chi connectivity index (χ2v) is 3.13. The Labute approximate surface area is 97.3 Å². The molecule has 4 nitrogen and oxygen atoms in total. The molecule has 0 aromatic heterocycles. The zero-order valence-corrected chi connectivity index (χ0v) is 9.46. The molecule has 1 rings (SSSR count). The van der Waals surface area contributed by atoms with Gasteiger partial charge in [0.2, 0.25) is 0 Å². The van der Waals surface area contributed by atoms with Gasteiger partial charge in [-0.25, -0.2) is 13.6 Å². The molecule has 0 aliphatic heterocycles. The Balaban J connectivity index is 2.79. The Morgan fingerprint density at radius 2 is 2.00 bits per heavy atom. The molecule has 0 amide bonds. The number of para-hydroxylation sites is 1. The fourth-order valence-electron chi connectivity index (χ4n) is 1.03. The predicted molar refractivity (Wildman–Crippen MR) is 59.7 cm³/mol. The van der Waals surface area contributed by atoms with E-state index < -0.39 is 23.3 Å². The molecular weight excluding hydrogens is 230 g/mol. The summed E-state index contributed by atoms with van der Waals surface area (Å²) in [5.41, 5.74) is 1.73. The van der Waals surface area contributed by atoms with Crippen molar-refractivity contribution in [3.63, 3.8) is 0 Å². The number of rotatable bonds is 4. The van der Waals surface area contributed by atoms with Crippen LogP contribution in [0.15, 0.2) is 23.3 Å². The molecule has 0 saturated carbocycles. The summed E-state index contributed by atoms with van der Waals surface area (Å²) >= 11 is 0. The molecule has 0 fully saturated rings. The van der Waals surface area contributed by atoms with Crippen molar-refractivity contribution in [2.45, 2.75) is 13.8 Å². The number of hydrogen-bond acceptors (Lipinski definition) is 4. The molecule has 0 atom stereocenters. The van der Waals surface area contributed by atoms with Crippen LogP contribution in [-0.4, -0.2) is 18.3 Å². The molecular formula is C11H12F2N2O2. The van der Waals surface area contributed by atoms with Crippen LogP contribution in [0, 0.1) is 11.6 Å². The van der Waals surface area contributed by atoms with Crippen molar-refractivity contribution < 1.29 is 18.3 Å². The quantitative estimate of drug-likeness (QED) is 0.500. The Kier molecular flexibility index (Phi) is 4.56. The summed E-state index contributed by atoms with van der Waals surface area (Å²) in [5, 5.41) is 3.55. The van der Waals surface area contributed by atoms with Gasteiger partial charge in [0.25, 0.3) is 0 Å². The number of esters is 1. The van der Waals surface area contributed by atoms with E-state index in [1.165, 1.54) is 13.0 Å². The topological polar surface area (TPSA) is 50.7 Å². The van der Waals surface area contributed by atoms with E-state index in [9.17, 15) is 13.6 Å². The van der Waals surface area contributed by atoms with E-state index >= 15 is 0 Å². The van der Waals surface area contributed by atoms with Crippen LogP contribution >= 0.6 is 0 Å². The van der Waals surface area contributed by atoms with Crippen LogP contribution in [0.4, 0.5) is 14.5 Å². The molecule has 0 heterocycles. The average molecular weight is 242 g/mol. The number of hydrogen-bond donors (Lipinski definition) is 1. The van der Waals surface area contributed by atoms with Crippen LogP contribution in [0.25, 0.3) is 0 Å². The minimum absolute atomic E-state index is 0.0190. The lowest BCUT2D eigenvalue weighted by molar-refractivity contribution is -0.135. The summed E-state index contributed by atoms with van der Waals surface area (Å²) in [6, 6.07) is 3.40. The molecule has 1 aromatic rings. The van der Waals surface area contributed by atoms with Crippen LogP contribution in [-0.2, 0) is 9.53 Å². The number of nitrogens with one attached hydrogen (secondary N) is 1. The monoisotopic (exact) mass is 242 g/mol. The normalized spacial score (nSPS) is 11.2. The van der Waals surface area contributed by atoms with Gasteiger partial charge < -0.3 is 4.74 Å². The van der Waals surface area contributed by atoms with E-state index in [-0.39, 0.29) is 12.3 Å². The SMILES string of the molecule is CCOC(=O)/C(C)=N\Nc1c(F)cccc1F. The molecule has 0 radical (unpaired) electrons. The van der Waals surface area contributed by atoms with Gasteiger partial charge in [-0.05, 0) is 26.0 Å². The van der Waals surface area contributed by atoms with Crippen LogP contribution < -0.4 is 5.43 Å². The van der Waals surface area contributed by atoms with Gasteiger partial charge in [-0.2, -0.15) is 5.10 Å². The van der Waals surface area contributed by atoms with Crippen molar-refractivity contribution in [3.8, 4) is 0 Å². The highest BCUT2D eigenvalue weighted by atomic mass is 19.1. The van der Waals surface area contributed by atoms with Gasteiger partial charge in [0, 0.05) is 0 Å². The van der Waals surface area contributed by atoms with Crippen LogP contribution in [0.1, 0.15) is 13.8 Å². The van der Waals surface area contributed by atoms with Crippen LogP contribution in [0.5, 0.6) is 0 Å². The van der Waals surface area contributed by atoms with Crippen LogP contribution in [0.3, 0.4) is 0 Å². The lowest BCUT2D eigenvalue weighted by Gasteiger charge is -2.05. The summed E-state index contributed by atoms with van der Waals surface area (Å²) in [7, 11) is 0. The number of halogens is 2. The molecule has 0 aliphatic rings. The average Bonchev–Trinajstić information content (AvgIpc) is 2.28. The number of benzene rings is 1. The number of anilines is 1. The maximum absolute atomic E-state index is 13.2. The number of carbonyl (C=O) groups excluding carboxylic acids is 1. The first-order valence-corrected chi connectivity index (χ1v) is 4.97. The fourth-order valence-corrected chi connectivity index (χ4v) is 1.03. The summed E-state index contributed by atoms with van der Waals surface area (Å²) in [4.78, 5) is 11.2. The van der Waals surface area contributed by atoms with E-state index in [4.69, 9.17) is 0 Å². The molecule has 1 N–H and O–H groups in total. The van der Waals surface area contributed by atoms with E-state index in [1.54, 1.807) is 6.92 Å². The maximum atomic E-state index is 13.2. The molecule has 6 heteroatoms. The largest absolute Gasteiger partial charge is 0.461 e. The van der Waals surface area contributed by atoms with Crippen LogP contribution in [0.2, 0.25) is 0 Å². The van der Waals surface area contributed by atoms with E-state index in [1.807, 2.05) is 0 Å². The van der Waals surface area contributed by atoms with Crippen molar-refractivity contribution in [1.82, 2.24) is 0 Å². The van der Waals surface area contributed by atoms with Crippen molar-refractivity contribution in [2.24, 2.45) is 5.10 Å². The second-order valence-electron chi connectivity index (χ2n) is 3.13. The molecule has 0 aliphatic carbocycles. The minimum Gasteiger partial charge on any atom is -0.461 e. The first-order chi connectivity index (χ1) is 8.06. The molecule has 0 bridgehead atoms. The maximum Gasteiger partial charge on any atom is 0.354 e. The third-order valence-corrected chi connectivity index (χ3v) is 1.87. The third kappa shape index (κ3) is 3.51. The summed E-state index contributed by atoms with van der Waals surface area (Å²) in [6.45, 7) is 3.23. The summed E-state index contributed by atoms with van der Waals surface area (Å²) in [5.74, 6) is -2.22. The Morgan fingerprint density at radius 1 is 1.41 bits per heavy atom. The van der Waals surface area contributed by atoms with Gasteiger partial charge in [0.15, 0.2) is 11.6 Å². The van der Waals surface area contributed by atoms with Gasteiger partial charge in [0.05, 0.1) is 6.61 Å². The fraction of sp³-hybridized carbons (Fsp3) is 0.273. The molecule has 0 unspecified atom stereocenters. The Morgan fingerprint density at radius 3 is 2.53 bits per heavy atom. The highest BCUT2D eigenvalue weighted by molar-refractivity contribution is 6.35. The number of hydrazone groups is 1. The molecule has 0 spiro atoms. The lowest BCUT2D eigenvalue weighted by atomic mass is 10.3. The second kappa shape index (κ2) is 5.93. The smallest absolute Gasteiger partial charge is 0.354 e. The first-order valence-electron chi connectivity index (χ1n) is 4.97. The van der Waals surface area contributed by atoms with E-state index in [0.717, 1.165) is 12.1 Å². The summed E-state index contributed by atoms with van der Waals surface area (Å²) in [6.07, 6.45) is 0. The minimum atomic E-state index is -0.787. The molecule has 17 heavy (non-hydrogen) atoms. The standard InChI is InChI=1S/C11H12F2N2O2/c1-3-17-11(16)7(2)14-15-10-8(12)5-4-6-9(10)13/h4-6,15H,3H2,1-2H3/b14-7-. The zero-order valence-electron chi connectivity index (χ0n) is 9.46. The van der Waals surface area contributed by atoms with Gasteiger partial charge in [-0.15, -0.1) is 0 Å². The van der Waals surface area contributed by atoms with Crippen molar-refractivity contribution in [1.29, 1.82) is 0 Å². The Hall–Kier alpha value is -1.98. The molecule has 0 saturated heterocycles. The predicted octanol–water partition coefficient (Wildman–Crippen LogP) is 2.32. The van der Waals surface area contributed by atoms with Gasteiger partial charge in [0.1, 0.15) is 11.4 Å². The van der Waals surface area contributed by atoms with Crippen molar-refractivity contribution in [3.05, 3.63) is 29.8 Å². The number of ether oxygens (including phenoxy) is 1.